The molecule has 0 bridgehead atoms. The molecular formula is C16H23FN2O2. The molecule has 1 aliphatic rings. The topological polar surface area (TPSA) is 41.6 Å². The second-order valence-corrected chi connectivity index (χ2v) is 5.64. The number of para-hydroxylation sites is 1. The third-order valence-corrected chi connectivity index (χ3v) is 3.55. The highest BCUT2D eigenvalue weighted by molar-refractivity contribution is 5.78. The van der Waals surface area contributed by atoms with Crippen molar-refractivity contribution in [1.82, 2.24) is 10.2 Å². The first kappa shape index (κ1) is 15.8. The predicted molar refractivity (Wildman–Crippen MR) is 79.7 cm³/mol. The van der Waals surface area contributed by atoms with Crippen molar-refractivity contribution in [3.05, 3.63) is 29.6 Å². The largest absolute Gasteiger partial charge is 0.480 e. The second-order valence-electron chi connectivity index (χ2n) is 5.64. The summed E-state index contributed by atoms with van der Waals surface area (Å²) in [7, 11) is 0. The molecule has 5 heteroatoms. The van der Waals surface area contributed by atoms with E-state index in [2.05, 4.69) is 5.32 Å². The van der Waals surface area contributed by atoms with Gasteiger partial charge in [-0.25, -0.2) is 4.39 Å². The number of halogens is 1. The number of nitrogens with zero attached hydrogens (tertiary/aromatic N) is 1. The summed E-state index contributed by atoms with van der Waals surface area (Å²) in [6.45, 7) is 6.02. The number of ether oxygens (including phenoxy) is 1. The number of rotatable bonds is 6. The monoisotopic (exact) mass is 294 g/mol. The number of carbonyl (C=O) groups excluding carboxylic acids is 1. The zero-order valence-electron chi connectivity index (χ0n) is 12.7. The minimum Gasteiger partial charge on any atom is -0.480 e. The fourth-order valence-corrected chi connectivity index (χ4v) is 2.36. The van der Waals surface area contributed by atoms with E-state index in [1.165, 1.54) is 6.07 Å². The Balaban J connectivity index is 1.99. The van der Waals surface area contributed by atoms with Crippen molar-refractivity contribution in [2.75, 3.05) is 19.7 Å². The summed E-state index contributed by atoms with van der Waals surface area (Å²) in [5.74, 6) is -0.316. The van der Waals surface area contributed by atoms with E-state index in [0.717, 1.165) is 31.5 Å². The zero-order valence-corrected chi connectivity index (χ0v) is 12.7. The summed E-state index contributed by atoms with van der Waals surface area (Å²) >= 11 is 0. The molecule has 116 valence electrons. The number of nitrogens with one attached hydrogen (secondary N) is 1. The van der Waals surface area contributed by atoms with E-state index in [1.54, 1.807) is 11.0 Å². The maximum Gasteiger partial charge on any atom is 0.260 e. The Hall–Kier alpha value is -1.62. The molecule has 21 heavy (non-hydrogen) atoms. The normalized spacial score (nSPS) is 14.8. The summed E-state index contributed by atoms with van der Waals surface area (Å²) in [4.78, 5) is 13.7. The van der Waals surface area contributed by atoms with Crippen molar-refractivity contribution >= 4 is 5.91 Å². The summed E-state index contributed by atoms with van der Waals surface area (Å²) in [6, 6.07) is 5.12. The first-order valence-electron chi connectivity index (χ1n) is 7.49. The van der Waals surface area contributed by atoms with Gasteiger partial charge in [0, 0.05) is 31.2 Å². The van der Waals surface area contributed by atoms with Crippen LogP contribution in [0.4, 0.5) is 4.39 Å². The predicted octanol–water partition coefficient (Wildman–Crippen LogP) is 2.32. The highest BCUT2D eigenvalue weighted by Gasteiger charge is 2.19. The average Bonchev–Trinajstić information content (AvgIpc) is 2.98. The third kappa shape index (κ3) is 4.43. The van der Waals surface area contributed by atoms with E-state index in [4.69, 9.17) is 4.74 Å². The van der Waals surface area contributed by atoms with Gasteiger partial charge in [-0.2, -0.15) is 0 Å². The number of hydrogen-bond acceptors (Lipinski definition) is 3. The van der Waals surface area contributed by atoms with Crippen molar-refractivity contribution in [2.24, 2.45) is 0 Å². The molecule has 1 fully saturated rings. The van der Waals surface area contributed by atoms with Crippen molar-refractivity contribution < 1.29 is 13.9 Å². The molecule has 0 unspecified atom stereocenters. The molecule has 0 spiro atoms. The van der Waals surface area contributed by atoms with E-state index < -0.39 is 5.82 Å². The van der Waals surface area contributed by atoms with Gasteiger partial charge in [-0.05, 0) is 18.9 Å². The smallest absolute Gasteiger partial charge is 0.260 e. The Morgan fingerprint density at radius 1 is 1.38 bits per heavy atom. The standard InChI is InChI=1S/C16H23FN2O2/c1-12(2)18-10-13-6-5-7-14(17)16(13)21-11-15(20)19-8-3-4-9-19/h5-7,12,18H,3-4,8-11H2,1-2H3. The molecule has 1 saturated heterocycles. The van der Waals surface area contributed by atoms with E-state index in [0.29, 0.717) is 12.6 Å². The molecule has 1 heterocycles. The third-order valence-electron chi connectivity index (χ3n) is 3.55. The molecule has 4 nitrogen and oxygen atoms in total. The molecular weight excluding hydrogens is 271 g/mol. The average molecular weight is 294 g/mol. The number of amides is 1. The minimum atomic E-state index is -0.424. The van der Waals surface area contributed by atoms with Gasteiger partial charge in [0.1, 0.15) is 0 Å². The Morgan fingerprint density at radius 2 is 2.10 bits per heavy atom. The van der Waals surface area contributed by atoms with Crippen LogP contribution in [0.25, 0.3) is 0 Å². The number of carbonyl (C=O) groups is 1. The summed E-state index contributed by atoms with van der Waals surface area (Å²) < 4.78 is 19.4. The first-order chi connectivity index (χ1) is 10.1. The van der Waals surface area contributed by atoms with Gasteiger partial charge in [0.25, 0.3) is 5.91 Å². The van der Waals surface area contributed by atoms with E-state index >= 15 is 0 Å². The Kier molecular flexibility index (Phi) is 5.56. The van der Waals surface area contributed by atoms with Gasteiger partial charge >= 0.3 is 0 Å². The molecule has 1 aromatic rings. The van der Waals surface area contributed by atoms with Crippen LogP contribution in [0.2, 0.25) is 0 Å². The fourth-order valence-electron chi connectivity index (χ4n) is 2.36. The molecule has 0 radical (unpaired) electrons. The van der Waals surface area contributed by atoms with Crippen molar-refractivity contribution in [3.8, 4) is 5.75 Å². The van der Waals surface area contributed by atoms with Crippen LogP contribution in [-0.2, 0) is 11.3 Å². The molecule has 2 rings (SSSR count). The van der Waals surface area contributed by atoms with Crippen LogP contribution in [0.5, 0.6) is 5.75 Å². The van der Waals surface area contributed by atoms with Crippen LogP contribution in [0.1, 0.15) is 32.3 Å². The van der Waals surface area contributed by atoms with Gasteiger partial charge in [0.2, 0.25) is 0 Å². The highest BCUT2D eigenvalue weighted by atomic mass is 19.1. The number of hydrogen-bond donors (Lipinski definition) is 1. The molecule has 0 aliphatic carbocycles. The Labute approximate surface area is 125 Å². The molecule has 0 aromatic heterocycles. The number of benzene rings is 1. The van der Waals surface area contributed by atoms with Gasteiger partial charge in [0.15, 0.2) is 18.2 Å². The SMILES string of the molecule is CC(C)NCc1cccc(F)c1OCC(=O)N1CCCC1. The van der Waals surface area contributed by atoms with Gasteiger partial charge in [-0.3, -0.25) is 4.79 Å². The molecule has 1 aliphatic heterocycles. The lowest BCUT2D eigenvalue weighted by Crippen LogP contribution is -2.32. The van der Waals surface area contributed by atoms with E-state index in [9.17, 15) is 9.18 Å². The van der Waals surface area contributed by atoms with Gasteiger partial charge < -0.3 is 15.0 Å². The minimum absolute atomic E-state index is 0.0708. The highest BCUT2D eigenvalue weighted by Crippen LogP contribution is 2.23. The molecule has 0 saturated carbocycles. The van der Waals surface area contributed by atoms with Crippen LogP contribution >= 0.6 is 0 Å². The van der Waals surface area contributed by atoms with Gasteiger partial charge in [0.05, 0.1) is 0 Å². The maximum atomic E-state index is 13.9. The lowest BCUT2D eigenvalue weighted by atomic mass is 10.2. The first-order valence-corrected chi connectivity index (χ1v) is 7.49. The molecule has 0 atom stereocenters. The van der Waals surface area contributed by atoms with Gasteiger partial charge in [-0.15, -0.1) is 0 Å². The van der Waals surface area contributed by atoms with Crippen LogP contribution in [0.3, 0.4) is 0 Å². The lowest BCUT2D eigenvalue weighted by Gasteiger charge is -2.17. The fraction of sp³-hybridized carbons (Fsp3) is 0.562. The van der Waals surface area contributed by atoms with E-state index in [1.807, 2.05) is 19.9 Å². The summed E-state index contributed by atoms with van der Waals surface area (Å²) in [6.07, 6.45) is 2.07. The Bertz CT molecular complexity index is 485. The van der Waals surface area contributed by atoms with Crippen molar-refractivity contribution in [2.45, 2.75) is 39.3 Å². The van der Waals surface area contributed by atoms with Crippen LogP contribution in [-0.4, -0.2) is 36.5 Å². The van der Waals surface area contributed by atoms with Crippen molar-refractivity contribution in [3.63, 3.8) is 0 Å². The Morgan fingerprint density at radius 3 is 2.76 bits per heavy atom. The zero-order chi connectivity index (χ0) is 15.2. The second kappa shape index (κ2) is 7.41. The van der Waals surface area contributed by atoms with Crippen LogP contribution in [0.15, 0.2) is 18.2 Å². The molecule has 1 N–H and O–H groups in total. The summed E-state index contributed by atoms with van der Waals surface area (Å²) in [5.41, 5.74) is 0.734. The van der Waals surface area contributed by atoms with Crippen molar-refractivity contribution in [1.29, 1.82) is 0 Å². The van der Waals surface area contributed by atoms with Crippen LogP contribution in [0, 0.1) is 5.82 Å². The van der Waals surface area contributed by atoms with E-state index in [-0.39, 0.29) is 18.3 Å². The molecule has 1 amide bonds. The van der Waals surface area contributed by atoms with Crippen LogP contribution < -0.4 is 10.1 Å². The summed E-state index contributed by atoms with van der Waals surface area (Å²) in [5, 5.41) is 3.23. The quantitative estimate of drug-likeness (QED) is 0.875. The van der Waals surface area contributed by atoms with Gasteiger partial charge in [-0.1, -0.05) is 26.0 Å². The molecule has 1 aromatic carbocycles. The maximum absolute atomic E-state index is 13.9. The number of likely N-dealkylation sites (tertiary alicyclic amines) is 1. The lowest BCUT2D eigenvalue weighted by molar-refractivity contribution is -0.132.